The molecule has 0 fully saturated rings. The molecule has 1 N–H and O–H groups in total. The van der Waals surface area contributed by atoms with Crippen molar-refractivity contribution in [1.29, 1.82) is 0 Å². The lowest BCUT2D eigenvalue weighted by molar-refractivity contribution is 0.517. The SMILES string of the molecule is Cn1cc(C2C=c3c(-c4nnc(Cc5cccc(F)c5)o4)c[nH]c3=NC2)cn1. The van der Waals surface area contributed by atoms with Crippen LogP contribution < -0.4 is 10.7 Å². The van der Waals surface area contributed by atoms with Crippen LogP contribution in [0.25, 0.3) is 17.5 Å². The van der Waals surface area contributed by atoms with Gasteiger partial charge in [-0.2, -0.15) is 5.10 Å². The number of hydrogen-bond acceptors (Lipinski definition) is 5. The van der Waals surface area contributed by atoms with Crippen LogP contribution in [-0.4, -0.2) is 31.5 Å². The molecule has 8 heteroatoms. The lowest BCUT2D eigenvalue weighted by Crippen LogP contribution is -2.30. The van der Waals surface area contributed by atoms with Crippen molar-refractivity contribution >= 4 is 6.08 Å². The van der Waals surface area contributed by atoms with E-state index < -0.39 is 0 Å². The Kier molecular flexibility index (Phi) is 3.89. The topological polar surface area (TPSA) is 84.9 Å². The summed E-state index contributed by atoms with van der Waals surface area (Å²) >= 11 is 0. The maximum absolute atomic E-state index is 13.4. The largest absolute Gasteiger partial charge is 0.420 e. The van der Waals surface area contributed by atoms with E-state index in [0.717, 1.165) is 27.4 Å². The highest BCUT2D eigenvalue weighted by Crippen LogP contribution is 2.20. The Morgan fingerprint density at radius 1 is 1.32 bits per heavy atom. The van der Waals surface area contributed by atoms with Gasteiger partial charge in [0.1, 0.15) is 11.3 Å². The summed E-state index contributed by atoms with van der Waals surface area (Å²) in [4.78, 5) is 7.81. The number of nitrogens with zero attached hydrogens (tertiary/aromatic N) is 5. The van der Waals surface area contributed by atoms with Crippen LogP contribution in [0.15, 0.2) is 52.3 Å². The minimum Gasteiger partial charge on any atom is -0.420 e. The number of aromatic amines is 1. The molecule has 4 aromatic rings. The first-order chi connectivity index (χ1) is 13.7. The van der Waals surface area contributed by atoms with Gasteiger partial charge in [-0.25, -0.2) is 4.39 Å². The zero-order valence-corrected chi connectivity index (χ0v) is 15.1. The molecule has 1 aliphatic rings. The van der Waals surface area contributed by atoms with Crippen molar-refractivity contribution in [1.82, 2.24) is 25.0 Å². The van der Waals surface area contributed by atoms with Gasteiger partial charge in [0.2, 0.25) is 11.8 Å². The minimum atomic E-state index is -0.283. The molecule has 0 bridgehead atoms. The Bertz CT molecular complexity index is 1270. The van der Waals surface area contributed by atoms with E-state index in [1.165, 1.54) is 12.1 Å². The van der Waals surface area contributed by atoms with E-state index in [-0.39, 0.29) is 11.7 Å². The van der Waals surface area contributed by atoms with Crippen LogP contribution in [0.3, 0.4) is 0 Å². The predicted octanol–water partition coefficient (Wildman–Crippen LogP) is 1.73. The summed E-state index contributed by atoms with van der Waals surface area (Å²) in [6.07, 6.45) is 8.22. The number of halogens is 1. The molecule has 0 spiro atoms. The van der Waals surface area contributed by atoms with Crippen LogP contribution in [0.4, 0.5) is 4.39 Å². The first kappa shape index (κ1) is 16.6. The number of fused-ring (bicyclic) bond motifs is 1. The van der Waals surface area contributed by atoms with Gasteiger partial charge in [0.25, 0.3) is 0 Å². The van der Waals surface area contributed by atoms with Crippen molar-refractivity contribution < 1.29 is 8.81 Å². The van der Waals surface area contributed by atoms with E-state index in [1.807, 2.05) is 31.7 Å². The molecule has 0 radical (unpaired) electrons. The number of aromatic nitrogens is 5. The average molecular weight is 376 g/mol. The first-order valence-corrected chi connectivity index (χ1v) is 8.95. The molecule has 5 rings (SSSR count). The number of nitrogens with one attached hydrogen (secondary N) is 1. The molecule has 0 saturated carbocycles. The van der Waals surface area contributed by atoms with Crippen LogP contribution in [0, 0.1) is 5.82 Å². The van der Waals surface area contributed by atoms with E-state index >= 15 is 0 Å². The standard InChI is InChI=1S/C20H17FN6O/c1-27-11-14(9-24-27)13-7-16-17(10-23-19(16)22-8-13)20-26-25-18(28-20)6-12-3-2-4-15(21)5-12/h2-5,7,9-11,13H,6,8H2,1H3,(H,22,23). The van der Waals surface area contributed by atoms with Crippen molar-refractivity contribution in [2.45, 2.75) is 12.3 Å². The number of H-pyrrole nitrogens is 1. The second-order valence-corrected chi connectivity index (χ2v) is 6.83. The van der Waals surface area contributed by atoms with E-state index in [2.05, 4.69) is 31.3 Å². The van der Waals surface area contributed by atoms with E-state index in [4.69, 9.17) is 4.42 Å². The molecule has 4 heterocycles. The highest BCUT2D eigenvalue weighted by atomic mass is 19.1. The molecular formula is C20H17FN6O. The Hall–Kier alpha value is -3.55. The van der Waals surface area contributed by atoms with E-state index in [9.17, 15) is 4.39 Å². The Balaban J connectivity index is 1.48. The Labute approximate surface area is 159 Å². The van der Waals surface area contributed by atoms with Gasteiger partial charge < -0.3 is 9.40 Å². The number of aryl methyl sites for hydroxylation is 1. The van der Waals surface area contributed by atoms with Crippen molar-refractivity contribution in [3.05, 3.63) is 76.4 Å². The summed E-state index contributed by atoms with van der Waals surface area (Å²) < 4.78 is 21.0. The summed E-state index contributed by atoms with van der Waals surface area (Å²) in [5.41, 5.74) is 3.51. The summed E-state index contributed by atoms with van der Waals surface area (Å²) in [7, 11) is 1.90. The van der Waals surface area contributed by atoms with Crippen LogP contribution in [0.2, 0.25) is 0 Å². The summed E-state index contributed by atoms with van der Waals surface area (Å²) in [6.45, 7) is 0.660. The number of benzene rings is 1. The molecule has 1 atom stereocenters. The van der Waals surface area contributed by atoms with Crippen LogP contribution in [0.5, 0.6) is 0 Å². The van der Waals surface area contributed by atoms with Crippen molar-refractivity contribution in [2.24, 2.45) is 12.0 Å². The summed E-state index contributed by atoms with van der Waals surface area (Å²) in [5.74, 6) is 0.717. The Morgan fingerprint density at radius 3 is 3.07 bits per heavy atom. The van der Waals surface area contributed by atoms with Gasteiger partial charge in [-0.05, 0) is 23.3 Å². The summed E-state index contributed by atoms with van der Waals surface area (Å²) in [5, 5.41) is 13.5. The normalized spacial score (nSPS) is 15.7. The fraction of sp³-hybridized carbons (Fsp3) is 0.200. The average Bonchev–Trinajstić information content (AvgIpc) is 3.40. The molecular weight excluding hydrogens is 359 g/mol. The maximum Gasteiger partial charge on any atom is 0.249 e. The zero-order chi connectivity index (χ0) is 19.1. The molecule has 140 valence electrons. The molecule has 1 aliphatic heterocycles. The fourth-order valence-corrected chi connectivity index (χ4v) is 3.43. The van der Waals surface area contributed by atoms with E-state index in [1.54, 1.807) is 10.7 Å². The smallest absolute Gasteiger partial charge is 0.249 e. The Morgan fingerprint density at radius 2 is 2.25 bits per heavy atom. The molecule has 7 nitrogen and oxygen atoms in total. The molecule has 0 amide bonds. The maximum atomic E-state index is 13.4. The lowest BCUT2D eigenvalue weighted by atomic mass is 9.99. The third-order valence-corrected chi connectivity index (χ3v) is 4.81. The van der Waals surface area contributed by atoms with Crippen molar-refractivity contribution in [2.75, 3.05) is 6.54 Å². The number of hydrogen-bond donors (Lipinski definition) is 1. The summed E-state index contributed by atoms with van der Waals surface area (Å²) in [6, 6.07) is 6.37. The third kappa shape index (κ3) is 3.02. The molecule has 3 aromatic heterocycles. The van der Waals surface area contributed by atoms with Gasteiger partial charge in [0.05, 0.1) is 24.7 Å². The van der Waals surface area contributed by atoms with Gasteiger partial charge in [-0.1, -0.05) is 18.2 Å². The highest BCUT2D eigenvalue weighted by Gasteiger charge is 2.18. The second kappa shape index (κ2) is 6.56. The number of rotatable bonds is 4. The quantitative estimate of drug-likeness (QED) is 0.588. The molecule has 1 aromatic carbocycles. The molecule has 0 aliphatic carbocycles. The first-order valence-electron chi connectivity index (χ1n) is 8.95. The minimum absolute atomic E-state index is 0.144. The van der Waals surface area contributed by atoms with E-state index in [0.29, 0.717) is 24.7 Å². The zero-order valence-electron chi connectivity index (χ0n) is 15.1. The van der Waals surface area contributed by atoms with Gasteiger partial charge in [0, 0.05) is 30.6 Å². The fourth-order valence-electron chi connectivity index (χ4n) is 3.43. The van der Waals surface area contributed by atoms with Gasteiger partial charge in [0.15, 0.2) is 0 Å². The third-order valence-electron chi connectivity index (χ3n) is 4.81. The monoisotopic (exact) mass is 376 g/mol. The van der Waals surface area contributed by atoms with Crippen molar-refractivity contribution in [3.8, 4) is 11.5 Å². The van der Waals surface area contributed by atoms with Crippen LogP contribution in [0.1, 0.15) is 22.9 Å². The molecule has 0 saturated heterocycles. The van der Waals surface area contributed by atoms with Gasteiger partial charge >= 0.3 is 0 Å². The second-order valence-electron chi connectivity index (χ2n) is 6.83. The van der Waals surface area contributed by atoms with Crippen LogP contribution >= 0.6 is 0 Å². The molecule has 1 unspecified atom stereocenters. The van der Waals surface area contributed by atoms with Gasteiger partial charge in [-0.15, -0.1) is 10.2 Å². The lowest BCUT2D eigenvalue weighted by Gasteiger charge is -2.10. The predicted molar refractivity (Wildman–Crippen MR) is 99.4 cm³/mol. The molecule has 28 heavy (non-hydrogen) atoms. The van der Waals surface area contributed by atoms with Crippen molar-refractivity contribution in [3.63, 3.8) is 0 Å². The van der Waals surface area contributed by atoms with Gasteiger partial charge in [-0.3, -0.25) is 9.67 Å². The highest BCUT2D eigenvalue weighted by molar-refractivity contribution is 5.57. The van der Waals surface area contributed by atoms with Crippen LogP contribution in [-0.2, 0) is 13.5 Å².